The van der Waals surface area contributed by atoms with Crippen LogP contribution < -0.4 is 16.0 Å². The van der Waals surface area contributed by atoms with E-state index < -0.39 is 0 Å². The van der Waals surface area contributed by atoms with E-state index in [1.54, 1.807) is 13.3 Å². The van der Waals surface area contributed by atoms with Crippen molar-refractivity contribution >= 4 is 17.7 Å². The van der Waals surface area contributed by atoms with Gasteiger partial charge in [0.15, 0.2) is 0 Å². The van der Waals surface area contributed by atoms with E-state index in [-0.39, 0.29) is 11.9 Å². The lowest BCUT2D eigenvalue weighted by molar-refractivity contribution is -0.118. The molecule has 0 aliphatic heterocycles. The molecule has 118 valence electrons. The standard InChI is InChI=1S/C14H25N5O2/c1-11(10-21-3)18-14-17-9-6-13(19-14)16-8-5-4-7-15-12(2)20/h6,9,11H,4-5,7-8,10H2,1-3H3,(H,15,20)(H2,16,17,18,19). The second-order valence-corrected chi connectivity index (χ2v) is 4.88. The lowest BCUT2D eigenvalue weighted by atomic mass is 10.3. The highest BCUT2D eigenvalue weighted by Gasteiger charge is 2.04. The van der Waals surface area contributed by atoms with Crippen LogP contribution in [0.2, 0.25) is 0 Å². The van der Waals surface area contributed by atoms with Gasteiger partial charge in [-0.3, -0.25) is 4.79 Å². The second kappa shape index (κ2) is 9.93. The monoisotopic (exact) mass is 295 g/mol. The first-order valence-corrected chi connectivity index (χ1v) is 7.18. The molecule has 7 nitrogen and oxygen atoms in total. The predicted molar refractivity (Wildman–Crippen MR) is 83.4 cm³/mol. The maximum atomic E-state index is 10.7. The topological polar surface area (TPSA) is 88.2 Å². The zero-order valence-electron chi connectivity index (χ0n) is 13.0. The van der Waals surface area contributed by atoms with E-state index in [4.69, 9.17) is 4.74 Å². The van der Waals surface area contributed by atoms with Gasteiger partial charge in [0.05, 0.1) is 6.61 Å². The Kier molecular flexibility index (Phi) is 8.11. The zero-order valence-corrected chi connectivity index (χ0v) is 13.0. The van der Waals surface area contributed by atoms with Crippen molar-refractivity contribution in [1.82, 2.24) is 15.3 Å². The molecule has 0 aliphatic carbocycles. The molecule has 1 atom stereocenters. The van der Waals surface area contributed by atoms with E-state index in [9.17, 15) is 4.79 Å². The van der Waals surface area contributed by atoms with E-state index in [2.05, 4.69) is 25.9 Å². The molecule has 0 aromatic carbocycles. The van der Waals surface area contributed by atoms with Crippen LogP contribution in [0.15, 0.2) is 12.3 Å². The minimum atomic E-state index is 0.0136. The van der Waals surface area contributed by atoms with Crippen molar-refractivity contribution in [3.63, 3.8) is 0 Å². The Balaban J connectivity index is 2.27. The van der Waals surface area contributed by atoms with Gasteiger partial charge in [-0.2, -0.15) is 4.98 Å². The van der Waals surface area contributed by atoms with Crippen LogP contribution in [-0.2, 0) is 9.53 Å². The molecule has 7 heteroatoms. The molecular formula is C14H25N5O2. The lowest BCUT2D eigenvalue weighted by Crippen LogP contribution is -2.22. The molecule has 1 heterocycles. The Morgan fingerprint density at radius 3 is 2.86 bits per heavy atom. The van der Waals surface area contributed by atoms with E-state index in [0.717, 1.165) is 25.2 Å². The number of ether oxygens (including phenoxy) is 1. The summed E-state index contributed by atoms with van der Waals surface area (Å²) in [5.74, 6) is 1.39. The van der Waals surface area contributed by atoms with Crippen LogP contribution in [0, 0.1) is 0 Å². The van der Waals surface area contributed by atoms with Crippen LogP contribution in [0.4, 0.5) is 11.8 Å². The maximum Gasteiger partial charge on any atom is 0.224 e. The highest BCUT2D eigenvalue weighted by atomic mass is 16.5. The highest BCUT2D eigenvalue weighted by molar-refractivity contribution is 5.72. The van der Waals surface area contributed by atoms with Gasteiger partial charge in [-0.05, 0) is 25.8 Å². The molecule has 1 unspecified atom stereocenters. The van der Waals surface area contributed by atoms with Crippen molar-refractivity contribution < 1.29 is 9.53 Å². The van der Waals surface area contributed by atoms with Crippen molar-refractivity contribution in [2.45, 2.75) is 32.7 Å². The summed E-state index contributed by atoms with van der Waals surface area (Å²) in [4.78, 5) is 19.3. The molecule has 0 aliphatic rings. The van der Waals surface area contributed by atoms with Gasteiger partial charge in [0.2, 0.25) is 11.9 Å². The van der Waals surface area contributed by atoms with Crippen molar-refractivity contribution in [2.24, 2.45) is 0 Å². The summed E-state index contributed by atoms with van der Waals surface area (Å²) >= 11 is 0. The molecule has 1 aromatic rings. The molecule has 1 amide bonds. The molecule has 21 heavy (non-hydrogen) atoms. The third kappa shape index (κ3) is 8.09. The average Bonchev–Trinajstić information content (AvgIpc) is 2.43. The molecule has 0 spiro atoms. The number of methoxy groups -OCH3 is 1. The van der Waals surface area contributed by atoms with Crippen molar-refractivity contribution in [3.8, 4) is 0 Å². The van der Waals surface area contributed by atoms with Gasteiger partial charge in [0.25, 0.3) is 0 Å². The molecule has 0 fully saturated rings. The summed E-state index contributed by atoms with van der Waals surface area (Å²) in [6, 6.07) is 1.99. The average molecular weight is 295 g/mol. The molecule has 0 saturated heterocycles. The van der Waals surface area contributed by atoms with E-state index in [0.29, 0.717) is 19.1 Å². The number of hydrogen-bond acceptors (Lipinski definition) is 6. The molecule has 0 bridgehead atoms. The number of carbonyl (C=O) groups is 1. The summed E-state index contributed by atoms with van der Waals surface area (Å²) in [6.07, 6.45) is 3.62. The molecule has 0 radical (unpaired) electrons. The molecule has 3 N–H and O–H groups in total. The molecular weight excluding hydrogens is 270 g/mol. The third-order valence-corrected chi connectivity index (χ3v) is 2.73. The maximum absolute atomic E-state index is 10.7. The highest BCUT2D eigenvalue weighted by Crippen LogP contribution is 2.07. The molecule has 0 saturated carbocycles. The summed E-state index contributed by atoms with van der Waals surface area (Å²) in [7, 11) is 1.66. The summed E-state index contributed by atoms with van der Waals surface area (Å²) in [6.45, 7) is 5.66. The van der Waals surface area contributed by atoms with Gasteiger partial charge in [0, 0.05) is 39.4 Å². The Hall–Kier alpha value is -1.89. The fraction of sp³-hybridized carbons (Fsp3) is 0.643. The van der Waals surface area contributed by atoms with Crippen molar-refractivity contribution in [2.75, 3.05) is 37.4 Å². The van der Waals surface area contributed by atoms with Gasteiger partial charge in [0.1, 0.15) is 5.82 Å². The normalized spacial score (nSPS) is 11.8. The predicted octanol–water partition coefficient (Wildman–Crippen LogP) is 1.25. The summed E-state index contributed by atoms with van der Waals surface area (Å²) < 4.78 is 5.06. The van der Waals surface area contributed by atoms with Gasteiger partial charge in [-0.1, -0.05) is 0 Å². The largest absolute Gasteiger partial charge is 0.383 e. The Labute approximate surface area is 125 Å². The number of carbonyl (C=O) groups excluding carboxylic acids is 1. The van der Waals surface area contributed by atoms with Crippen molar-refractivity contribution in [3.05, 3.63) is 12.3 Å². The van der Waals surface area contributed by atoms with Crippen LogP contribution >= 0.6 is 0 Å². The third-order valence-electron chi connectivity index (χ3n) is 2.73. The Morgan fingerprint density at radius 1 is 1.38 bits per heavy atom. The van der Waals surface area contributed by atoms with Crippen molar-refractivity contribution in [1.29, 1.82) is 0 Å². The quantitative estimate of drug-likeness (QED) is 0.563. The van der Waals surface area contributed by atoms with Crippen LogP contribution in [0.3, 0.4) is 0 Å². The number of nitrogens with one attached hydrogen (secondary N) is 3. The zero-order chi connectivity index (χ0) is 15.5. The number of anilines is 2. The number of aromatic nitrogens is 2. The van der Waals surface area contributed by atoms with Gasteiger partial charge in [-0.25, -0.2) is 4.98 Å². The first-order valence-electron chi connectivity index (χ1n) is 7.18. The fourth-order valence-electron chi connectivity index (χ4n) is 1.77. The molecule has 1 rings (SSSR count). The second-order valence-electron chi connectivity index (χ2n) is 4.88. The van der Waals surface area contributed by atoms with E-state index in [1.807, 2.05) is 13.0 Å². The van der Waals surface area contributed by atoms with Crippen LogP contribution in [0.1, 0.15) is 26.7 Å². The Bertz CT molecular complexity index is 428. The Morgan fingerprint density at radius 2 is 2.14 bits per heavy atom. The van der Waals surface area contributed by atoms with Gasteiger partial charge in [-0.15, -0.1) is 0 Å². The first kappa shape index (κ1) is 17.2. The van der Waals surface area contributed by atoms with E-state index >= 15 is 0 Å². The van der Waals surface area contributed by atoms with Crippen LogP contribution in [0.5, 0.6) is 0 Å². The number of unbranched alkanes of at least 4 members (excludes halogenated alkanes) is 1. The minimum Gasteiger partial charge on any atom is -0.383 e. The van der Waals surface area contributed by atoms with Gasteiger partial charge < -0.3 is 20.7 Å². The number of hydrogen-bond donors (Lipinski definition) is 3. The number of amides is 1. The minimum absolute atomic E-state index is 0.0136. The summed E-state index contributed by atoms with van der Waals surface area (Å²) in [5, 5.41) is 9.19. The van der Waals surface area contributed by atoms with Crippen LogP contribution in [0.25, 0.3) is 0 Å². The number of nitrogens with zero attached hydrogens (tertiary/aromatic N) is 2. The van der Waals surface area contributed by atoms with E-state index in [1.165, 1.54) is 6.92 Å². The fourth-order valence-corrected chi connectivity index (χ4v) is 1.77. The molecule has 1 aromatic heterocycles. The van der Waals surface area contributed by atoms with Crippen LogP contribution in [-0.4, -0.2) is 48.7 Å². The smallest absolute Gasteiger partial charge is 0.224 e. The van der Waals surface area contributed by atoms with Gasteiger partial charge >= 0.3 is 0 Å². The summed E-state index contributed by atoms with van der Waals surface area (Å²) in [5.41, 5.74) is 0. The SMILES string of the molecule is COCC(C)Nc1nccc(NCCCCNC(C)=O)n1. The first-order chi connectivity index (χ1) is 10.1. The number of rotatable bonds is 10. The lowest BCUT2D eigenvalue weighted by Gasteiger charge is -2.13.